The van der Waals surface area contributed by atoms with Crippen LogP contribution in [0.2, 0.25) is 5.02 Å². The number of anilines is 1. The molecule has 0 bridgehead atoms. The number of fused-ring (bicyclic) bond motifs is 1. The number of methoxy groups -OCH3 is 1. The second kappa shape index (κ2) is 8.81. The minimum absolute atomic E-state index is 0.365. The van der Waals surface area contributed by atoms with E-state index in [-0.39, 0.29) is 0 Å². The molecule has 6 nitrogen and oxygen atoms in total. The highest BCUT2D eigenvalue weighted by molar-refractivity contribution is 8.00. The lowest BCUT2D eigenvalue weighted by Gasteiger charge is -2.12. The van der Waals surface area contributed by atoms with Gasteiger partial charge < -0.3 is 9.46 Å². The Bertz CT molecular complexity index is 1220. The highest BCUT2D eigenvalue weighted by Gasteiger charge is 2.15. The van der Waals surface area contributed by atoms with E-state index >= 15 is 0 Å². The maximum atomic E-state index is 13.5. The third-order valence-corrected chi connectivity index (χ3v) is 5.75. The highest BCUT2D eigenvalue weighted by Crippen LogP contribution is 2.33. The molecule has 2 aromatic carbocycles. The smallest absolute Gasteiger partial charge is 0.309 e. The second-order valence-corrected chi connectivity index (χ2v) is 7.57. The number of nitrogens with one attached hydrogen (secondary N) is 1. The fourth-order valence-corrected chi connectivity index (χ4v) is 3.88. The zero-order valence-corrected chi connectivity index (χ0v) is 17.8. The number of nitrogens with zero attached hydrogens (tertiary/aromatic N) is 4. The molecule has 0 radical (unpaired) electrons. The van der Waals surface area contributed by atoms with Crippen molar-refractivity contribution in [1.82, 2.24) is 19.9 Å². The van der Waals surface area contributed by atoms with E-state index in [1.165, 1.54) is 18.1 Å². The SMILES string of the molecule is CCc1cc(-c2ncc(NSc3ccccc3Cl)nc2OC)cc2cnc(F)nc12. The molecule has 0 aliphatic rings. The fraction of sp³-hybridized carbons (Fsp3) is 0.143. The van der Waals surface area contributed by atoms with Gasteiger partial charge in [-0.05, 0) is 48.2 Å². The molecule has 30 heavy (non-hydrogen) atoms. The molecule has 152 valence electrons. The topological polar surface area (TPSA) is 72.8 Å². The number of aryl methyl sites for hydroxylation is 1. The van der Waals surface area contributed by atoms with Crippen molar-refractivity contribution in [1.29, 1.82) is 0 Å². The molecular formula is C21H17ClFN5OS. The Morgan fingerprint density at radius 2 is 1.97 bits per heavy atom. The minimum atomic E-state index is -0.742. The summed E-state index contributed by atoms with van der Waals surface area (Å²) in [6.07, 6.45) is 3.04. The molecule has 2 aromatic heterocycles. The Labute approximate surface area is 182 Å². The number of halogens is 2. The summed E-state index contributed by atoms with van der Waals surface area (Å²) in [7, 11) is 1.54. The lowest BCUT2D eigenvalue weighted by molar-refractivity contribution is 0.398. The molecule has 9 heteroatoms. The van der Waals surface area contributed by atoms with Gasteiger partial charge in [-0.2, -0.15) is 9.37 Å². The Morgan fingerprint density at radius 1 is 1.13 bits per heavy atom. The third kappa shape index (κ3) is 4.15. The van der Waals surface area contributed by atoms with E-state index in [1.807, 2.05) is 43.3 Å². The molecule has 0 saturated carbocycles. The van der Waals surface area contributed by atoms with Crippen LogP contribution < -0.4 is 9.46 Å². The van der Waals surface area contributed by atoms with Crippen LogP contribution >= 0.6 is 23.5 Å². The molecule has 0 fully saturated rings. The Kier molecular flexibility index (Phi) is 5.96. The Morgan fingerprint density at radius 3 is 2.73 bits per heavy atom. The van der Waals surface area contributed by atoms with Crippen LogP contribution in [0.3, 0.4) is 0 Å². The summed E-state index contributed by atoms with van der Waals surface area (Å²) in [5.41, 5.74) is 2.86. The van der Waals surface area contributed by atoms with E-state index < -0.39 is 6.08 Å². The monoisotopic (exact) mass is 441 g/mol. The molecule has 0 atom stereocenters. The largest absolute Gasteiger partial charge is 0.479 e. The summed E-state index contributed by atoms with van der Waals surface area (Å²) in [5, 5.41) is 1.37. The molecule has 4 aromatic rings. The predicted octanol–water partition coefficient (Wildman–Crippen LogP) is 5.57. The van der Waals surface area contributed by atoms with E-state index in [2.05, 4.69) is 24.7 Å². The number of hydrogen-bond donors (Lipinski definition) is 1. The first-order valence-corrected chi connectivity index (χ1v) is 10.3. The first kappa shape index (κ1) is 20.3. The van der Waals surface area contributed by atoms with E-state index in [0.717, 1.165) is 21.4 Å². The number of aromatic nitrogens is 4. The number of rotatable bonds is 6. The van der Waals surface area contributed by atoms with E-state index in [4.69, 9.17) is 16.3 Å². The lowest BCUT2D eigenvalue weighted by atomic mass is 10.0. The normalized spacial score (nSPS) is 10.9. The van der Waals surface area contributed by atoms with Gasteiger partial charge in [0.25, 0.3) is 0 Å². The second-order valence-electron chi connectivity index (χ2n) is 6.31. The van der Waals surface area contributed by atoms with Crippen molar-refractivity contribution < 1.29 is 9.13 Å². The maximum absolute atomic E-state index is 13.5. The molecule has 1 N–H and O–H groups in total. The van der Waals surface area contributed by atoms with Gasteiger partial charge in [-0.1, -0.05) is 30.7 Å². The average Bonchev–Trinajstić information content (AvgIpc) is 2.77. The van der Waals surface area contributed by atoms with Crippen molar-refractivity contribution in [2.24, 2.45) is 0 Å². The zero-order valence-electron chi connectivity index (χ0n) is 16.2. The number of ether oxygens (including phenoxy) is 1. The summed E-state index contributed by atoms with van der Waals surface area (Å²) in [4.78, 5) is 17.5. The van der Waals surface area contributed by atoms with E-state index in [1.54, 1.807) is 13.3 Å². The summed E-state index contributed by atoms with van der Waals surface area (Å²) in [6, 6.07) is 11.3. The van der Waals surface area contributed by atoms with Gasteiger partial charge in [0.05, 0.1) is 23.8 Å². The van der Waals surface area contributed by atoms with Crippen LogP contribution in [-0.4, -0.2) is 27.0 Å². The highest BCUT2D eigenvalue weighted by atomic mass is 35.5. The van der Waals surface area contributed by atoms with Crippen LogP contribution in [0.1, 0.15) is 12.5 Å². The quantitative estimate of drug-likeness (QED) is 0.309. The zero-order chi connectivity index (χ0) is 21.1. The summed E-state index contributed by atoms with van der Waals surface area (Å²) < 4.78 is 22.1. The summed E-state index contributed by atoms with van der Waals surface area (Å²) in [5.74, 6) is 0.895. The van der Waals surface area contributed by atoms with Gasteiger partial charge in [0.1, 0.15) is 5.69 Å². The summed E-state index contributed by atoms with van der Waals surface area (Å²) in [6.45, 7) is 1.99. The van der Waals surface area contributed by atoms with Crippen LogP contribution in [0.25, 0.3) is 22.2 Å². The predicted molar refractivity (Wildman–Crippen MR) is 117 cm³/mol. The molecule has 0 amide bonds. The molecule has 4 rings (SSSR count). The molecular weight excluding hydrogens is 425 g/mol. The lowest BCUT2D eigenvalue weighted by Crippen LogP contribution is -2.00. The van der Waals surface area contributed by atoms with Crippen LogP contribution in [0.4, 0.5) is 10.2 Å². The van der Waals surface area contributed by atoms with Crippen molar-refractivity contribution >= 4 is 40.3 Å². The standard InChI is InChI=1S/C21H17ClFN5OS/c1-3-12-8-13(9-14-10-25-21(23)27-18(12)14)19-20(29-2)26-17(11-24-19)28-30-16-7-5-4-6-15(16)22/h4-11H,3H2,1-2H3,(H,26,28). The van der Waals surface area contributed by atoms with Crippen LogP contribution in [0, 0.1) is 6.08 Å². The number of hydrogen-bond acceptors (Lipinski definition) is 7. The molecule has 0 spiro atoms. The van der Waals surface area contributed by atoms with Gasteiger partial charge in [0.2, 0.25) is 5.88 Å². The van der Waals surface area contributed by atoms with E-state index in [0.29, 0.717) is 34.4 Å². The van der Waals surface area contributed by atoms with Crippen LogP contribution in [0.5, 0.6) is 5.88 Å². The first-order valence-electron chi connectivity index (χ1n) is 9.13. The molecule has 0 saturated heterocycles. The van der Waals surface area contributed by atoms with Gasteiger partial charge in [0.15, 0.2) is 5.82 Å². The van der Waals surface area contributed by atoms with Crippen molar-refractivity contribution in [3.8, 4) is 17.1 Å². The fourth-order valence-electron chi connectivity index (χ4n) is 3.00. The molecule has 0 aliphatic heterocycles. The molecule has 0 aliphatic carbocycles. The van der Waals surface area contributed by atoms with E-state index in [9.17, 15) is 4.39 Å². The summed E-state index contributed by atoms with van der Waals surface area (Å²) >= 11 is 7.52. The molecule has 0 unspecified atom stereocenters. The van der Waals surface area contributed by atoms with Gasteiger partial charge in [-0.3, -0.25) is 0 Å². The van der Waals surface area contributed by atoms with Gasteiger partial charge in [-0.25, -0.2) is 15.0 Å². The minimum Gasteiger partial charge on any atom is -0.479 e. The van der Waals surface area contributed by atoms with Crippen molar-refractivity contribution in [3.63, 3.8) is 0 Å². The Balaban J connectivity index is 1.68. The Hall–Kier alpha value is -2.97. The maximum Gasteiger partial charge on any atom is 0.309 e. The van der Waals surface area contributed by atoms with Gasteiger partial charge in [-0.15, -0.1) is 0 Å². The van der Waals surface area contributed by atoms with Crippen LogP contribution in [0.15, 0.2) is 53.7 Å². The van der Waals surface area contributed by atoms with Crippen molar-refractivity contribution in [2.75, 3.05) is 11.8 Å². The van der Waals surface area contributed by atoms with Crippen LogP contribution in [-0.2, 0) is 6.42 Å². The average molecular weight is 442 g/mol. The van der Waals surface area contributed by atoms with Crippen molar-refractivity contribution in [2.45, 2.75) is 18.2 Å². The first-order chi connectivity index (χ1) is 14.6. The number of benzene rings is 2. The molecule has 2 heterocycles. The van der Waals surface area contributed by atoms with Gasteiger partial charge >= 0.3 is 6.08 Å². The third-order valence-electron chi connectivity index (χ3n) is 4.42. The van der Waals surface area contributed by atoms with Gasteiger partial charge in [0, 0.05) is 22.0 Å². The van der Waals surface area contributed by atoms with Crippen molar-refractivity contribution in [3.05, 3.63) is 65.5 Å².